The van der Waals surface area contributed by atoms with E-state index in [0.717, 1.165) is 25.4 Å². The third kappa shape index (κ3) is 3.31. The lowest BCUT2D eigenvalue weighted by atomic mass is 10.1. The van der Waals surface area contributed by atoms with E-state index in [0.29, 0.717) is 18.4 Å². The van der Waals surface area contributed by atoms with E-state index in [1.54, 1.807) is 0 Å². The van der Waals surface area contributed by atoms with Crippen molar-refractivity contribution in [2.24, 2.45) is 5.73 Å². The number of hydrogen-bond acceptors (Lipinski definition) is 5. The highest BCUT2D eigenvalue weighted by Gasteiger charge is 2.25. The Hall–Kier alpha value is -0.360. The third-order valence-electron chi connectivity index (χ3n) is 2.40. The highest BCUT2D eigenvalue weighted by atomic mass is 35.5. The van der Waals surface area contributed by atoms with Crippen LogP contribution in [0.5, 0.6) is 0 Å². The summed E-state index contributed by atoms with van der Waals surface area (Å²) in [6, 6.07) is 0. The fourth-order valence-corrected chi connectivity index (χ4v) is 1.65. The van der Waals surface area contributed by atoms with Gasteiger partial charge in [0, 0.05) is 6.54 Å². The predicted octanol–water partition coefficient (Wildman–Crippen LogP) is 0.791. The smallest absolute Gasteiger partial charge is 0.230 e. The molecule has 15 heavy (non-hydrogen) atoms. The number of likely N-dealkylation sites (N-methyl/N-ethyl adjacent to an activating group) is 1. The van der Waals surface area contributed by atoms with Gasteiger partial charge in [-0.2, -0.15) is 0 Å². The van der Waals surface area contributed by atoms with Gasteiger partial charge in [0.1, 0.15) is 0 Å². The molecule has 0 saturated carbocycles. The molecule has 2 rings (SSSR count). The van der Waals surface area contributed by atoms with Crippen molar-refractivity contribution < 1.29 is 4.42 Å². The van der Waals surface area contributed by atoms with E-state index in [4.69, 9.17) is 10.2 Å². The Labute approximate surface area is 101 Å². The second kappa shape index (κ2) is 6.27. The molecule has 1 saturated heterocycles. The van der Waals surface area contributed by atoms with Crippen LogP contribution in [0, 0.1) is 0 Å². The Morgan fingerprint density at radius 3 is 2.67 bits per heavy atom. The largest absolute Gasteiger partial charge is 0.424 e. The van der Waals surface area contributed by atoms with Crippen LogP contribution in [0.2, 0.25) is 0 Å². The van der Waals surface area contributed by atoms with Crippen LogP contribution in [0.15, 0.2) is 4.42 Å². The molecule has 0 radical (unpaired) electrons. The first-order valence-corrected chi connectivity index (χ1v) is 4.50. The summed E-state index contributed by atoms with van der Waals surface area (Å²) >= 11 is 0. The highest BCUT2D eigenvalue weighted by Crippen LogP contribution is 2.24. The highest BCUT2D eigenvalue weighted by molar-refractivity contribution is 5.85. The molecule has 2 N–H and O–H groups in total. The van der Waals surface area contributed by atoms with Gasteiger partial charge < -0.3 is 15.1 Å². The van der Waals surface area contributed by atoms with E-state index >= 15 is 0 Å². The molecule has 5 nitrogen and oxygen atoms in total. The van der Waals surface area contributed by atoms with Crippen LogP contribution in [0.4, 0.5) is 0 Å². The summed E-state index contributed by atoms with van der Waals surface area (Å²) in [5.41, 5.74) is 5.38. The van der Waals surface area contributed by atoms with Crippen molar-refractivity contribution in [3.63, 3.8) is 0 Å². The third-order valence-corrected chi connectivity index (χ3v) is 2.40. The van der Waals surface area contributed by atoms with E-state index < -0.39 is 0 Å². The summed E-state index contributed by atoms with van der Waals surface area (Å²) in [5.74, 6) is 1.67. The standard InChI is InChI=1S/C8H14N4O.2ClH/c1-12-3-2-6(5-12)8-11-10-7(4-9)13-8;;/h6H,2-5,9H2,1H3;2*1H. The number of nitrogens with zero attached hydrogens (tertiary/aromatic N) is 3. The molecule has 1 unspecified atom stereocenters. The minimum atomic E-state index is 0. The molecule has 0 aromatic carbocycles. The van der Waals surface area contributed by atoms with Crippen LogP contribution in [0.25, 0.3) is 0 Å². The van der Waals surface area contributed by atoms with Gasteiger partial charge in [0.15, 0.2) is 0 Å². The predicted molar refractivity (Wildman–Crippen MR) is 61.5 cm³/mol. The maximum Gasteiger partial charge on any atom is 0.230 e. The summed E-state index contributed by atoms with van der Waals surface area (Å²) in [7, 11) is 2.10. The normalized spacial score (nSPS) is 20.8. The number of likely N-dealkylation sites (tertiary alicyclic amines) is 1. The molecule has 88 valence electrons. The quantitative estimate of drug-likeness (QED) is 0.846. The maximum absolute atomic E-state index is 5.39. The van der Waals surface area contributed by atoms with Crippen molar-refractivity contribution >= 4 is 24.8 Å². The molecule has 1 fully saturated rings. The molecule has 1 aromatic heterocycles. The van der Waals surface area contributed by atoms with Gasteiger partial charge in [-0.25, -0.2) is 0 Å². The monoisotopic (exact) mass is 254 g/mol. The fourth-order valence-electron chi connectivity index (χ4n) is 1.65. The maximum atomic E-state index is 5.39. The molecule has 2 heterocycles. The Balaban J connectivity index is 0.000000980. The molecule has 0 aliphatic carbocycles. The van der Waals surface area contributed by atoms with Crippen LogP contribution in [-0.2, 0) is 6.54 Å². The van der Waals surface area contributed by atoms with Gasteiger partial charge in [0.05, 0.1) is 12.5 Å². The van der Waals surface area contributed by atoms with Gasteiger partial charge in [0.25, 0.3) is 0 Å². The molecular formula is C8H16Cl2N4O. The molecule has 0 amide bonds. The van der Waals surface area contributed by atoms with E-state index in [1.165, 1.54) is 0 Å². The Morgan fingerprint density at radius 1 is 1.47 bits per heavy atom. The number of halogens is 2. The molecule has 1 aromatic rings. The van der Waals surface area contributed by atoms with Crippen molar-refractivity contribution in [2.75, 3.05) is 20.1 Å². The second-order valence-electron chi connectivity index (χ2n) is 3.49. The SMILES string of the molecule is CN1CCC(c2nnc(CN)o2)C1.Cl.Cl. The minimum absolute atomic E-state index is 0. The topological polar surface area (TPSA) is 68.2 Å². The van der Waals surface area contributed by atoms with Crippen molar-refractivity contribution in [1.82, 2.24) is 15.1 Å². The minimum Gasteiger partial charge on any atom is -0.424 e. The molecule has 1 aliphatic rings. The summed E-state index contributed by atoms with van der Waals surface area (Å²) in [5, 5.41) is 7.82. The molecule has 0 bridgehead atoms. The zero-order valence-corrected chi connectivity index (χ0v) is 10.2. The lowest BCUT2D eigenvalue weighted by Gasteiger charge is -2.05. The summed E-state index contributed by atoms with van der Waals surface area (Å²) in [4.78, 5) is 2.26. The summed E-state index contributed by atoms with van der Waals surface area (Å²) < 4.78 is 5.39. The average molecular weight is 255 g/mol. The molecule has 0 spiro atoms. The van der Waals surface area contributed by atoms with E-state index in [1.807, 2.05) is 0 Å². The van der Waals surface area contributed by atoms with Gasteiger partial charge in [-0.05, 0) is 20.0 Å². The van der Waals surface area contributed by atoms with Gasteiger partial charge in [-0.1, -0.05) is 0 Å². The lowest BCUT2D eigenvalue weighted by molar-refractivity contribution is 0.383. The first-order chi connectivity index (χ1) is 6.29. The number of aromatic nitrogens is 2. The van der Waals surface area contributed by atoms with E-state index in [-0.39, 0.29) is 24.8 Å². The number of hydrogen-bond donors (Lipinski definition) is 1. The zero-order chi connectivity index (χ0) is 9.26. The summed E-state index contributed by atoms with van der Waals surface area (Å²) in [6.07, 6.45) is 1.10. The van der Waals surface area contributed by atoms with Crippen LogP contribution in [0.1, 0.15) is 24.1 Å². The second-order valence-corrected chi connectivity index (χ2v) is 3.49. The Kier molecular flexibility index (Phi) is 6.12. The van der Waals surface area contributed by atoms with Crippen LogP contribution in [-0.4, -0.2) is 35.2 Å². The first kappa shape index (κ1) is 14.6. The van der Waals surface area contributed by atoms with E-state index in [9.17, 15) is 0 Å². The molecule has 1 atom stereocenters. The van der Waals surface area contributed by atoms with Gasteiger partial charge in [-0.3, -0.25) is 0 Å². The van der Waals surface area contributed by atoms with E-state index in [2.05, 4.69) is 22.1 Å². The number of rotatable bonds is 2. The first-order valence-electron chi connectivity index (χ1n) is 4.50. The van der Waals surface area contributed by atoms with Crippen molar-refractivity contribution in [1.29, 1.82) is 0 Å². The molecule has 1 aliphatic heterocycles. The van der Waals surface area contributed by atoms with Crippen molar-refractivity contribution in [3.05, 3.63) is 11.8 Å². The van der Waals surface area contributed by atoms with Crippen LogP contribution < -0.4 is 5.73 Å². The molecular weight excluding hydrogens is 239 g/mol. The lowest BCUT2D eigenvalue weighted by Crippen LogP contribution is -2.13. The van der Waals surface area contributed by atoms with Gasteiger partial charge in [-0.15, -0.1) is 35.0 Å². The van der Waals surface area contributed by atoms with Crippen molar-refractivity contribution in [3.8, 4) is 0 Å². The van der Waals surface area contributed by atoms with Gasteiger partial charge >= 0.3 is 0 Å². The zero-order valence-electron chi connectivity index (χ0n) is 8.55. The van der Waals surface area contributed by atoms with Crippen LogP contribution in [0.3, 0.4) is 0 Å². The fraction of sp³-hybridized carbons (Fsp3) is 0.750. The van der Waals surface area contributed by atoms with Crippen molar-refractivity contribution in [2.45, 2.75) is 18.9 Å². The number of nitrogens with two attached hydrogens (primary N) is 1. The average Bonchev–Trinajstić information content (AvgIpc) is 2.71. The molecule has 7 heteroatoms. The summed E-state index contributed by atoms with van der Waals surface area (Å²) in [6.45, 7) is 2.44. The van der Waals surface area contributed by atoms with Crippen LogP contribution >= 0.6 is 24.8 Å². The Morgan fingerprint density at radius 2 is 2.20 bits per heavy atom. The van der Waals surface area contributed by atoms with Gasteiger partial charge in [0.2, 0.25) is 11.8 Å². The Bertz CT molecular complexity index is 294.